The standard InChI is InChI=1S/C21H22ClN3O3S/c1-15-18(22)9-6-10-19(15)24-21(26)16(2)29(27,28)14-20-23-11-12-25(20)13-17-7-4-3-5-8-17/h3-12,16H,13-14H2,1-2H3,(H,24,26). The van der Waals surface area contributed by atoms with Crippen LogP contribution >= 0.6 is 11.6 Å². The van der Waals surface area contributed by atoms with Crippen molar-refractivity contribution in [2.24, 2.45) is 0 Å². The molecule has 1 heterocycles. The smallest absolute Gasteiger partial charge is 0.242 e. The summed E-state index contributed by atoms with van der Waals surface area (Å²) < 4.78 is 27.5. The Hall–Kier alpha value is -2.64. The fourth-order valence-corrected chi connectivity index (χ4v) is 4.26. The van der Waals surface area contributed by atoms with E-state index >= 15 is 0 Å². The maximum Gasteiger partial charge on any atom is 0.242 e. The van der Waals surface area contributed by atoms with Crippen molar-refractivity contribution in [2.75, 3.05) is 5.32 Å². The molecule has 1 N–H and O–H groups in total. The van der Waals surface area contributed by atoms with Crippen LogP contribution in [0, 0.1) is 6.92 Å². The molecule has 1 unspecified atom stereocenters. The summed E-state index contributed by atoms with van der Waals surface area (Å²) in [4.78, 5) is 16.8. The van der Waals surface area contributed by atoms with Crippen LogP contribution in [0.3, 0.4) is 0 Å². The van der Waals surface area contributed by atoms with Crippen molar-refractivity contribution in [1.29, 1.82) is 0 Å². The maximum absolute atomic E-state index is 12.8. The van der Waals surface area contributed by atoms with Crippen LogP contribution in [0.15, 0.2) is 60.9 Å². The van der Waals surface area contributed by atoms with Gasteiger partial charge < -0.3 is 9.88 Å². The monoisotopic (exact) mass is 431 g/mol. The summed E-state index contributed by atoms with van der Waals surface area (Å²) in [6.07, 6.45) is 3.30. The van der Waals surface area contributed by atoms with Crippen molar-refractivity contribution >= 4 is 33.0 Å². The lowest BCUT2D eigenvalue weighted by atomic mass is 10.2. The molecule has 152 valence electrons. The predicted molar refractivity (Wildman–Crippen MR) is 115 cm³/mol. The highest BCUT2D eigenvalue weighted by molar-refractivity contribution is 7.92. The Kier molecular flexibility index (Phi) is 6.39. The van der Waals surface area contributed by atoms with Gasteiger partial charge in [0.1, 0.15) is 16.8 Å². The van der Waals surface area contributed by atoms with Crippen LogP contribution in [-0.2, 0) is 26.9 Å². The second kappa shape index (κ2) is 8.80. The van der Waals surface area contributed by atoms with Gasteiger partial charge in [0.25, 0.3) is 0 Å². The molecule has 0 spiro atoms. The van der Waals surface area contributed by atoms with E-state index in [4.69, 9.17) is 11.6 Å². The van der Waals surface area contributed by atoms with Crippen LogP contribution in [0.25, 0.3) is 0 Å². The van der Waals surface area contributed by atoms with Crippen molar-refractivity contribution in [3.8, 4) is 0 Å². The van der Waals surface area contributed by atoms with Gasteiger partial charge >= 0.3 is 0 Å². The number of hydrogen-bond acceptors (Lipinski definition) is 4. The number of carbonyl (C=O) groups is 1. The average molecular weight is 432 g/mol. The van der Waals surface area contributed by atoms with Crippen LogP contribution in [0.4, 0.5) is 5.69 Å². The molecule has 1 amide bonds. The molecule has 0 aliphatic heterocycles. The summed E-state index contributed by atoms with van der Waals surface area (Å²) in [5.74, 6) is -0.528. The zero-order chi connectivity index (χ0) is 21.0. The second-order valence-corrected chi connectivity index (χ2v) is 9.54. The molecule has 1 aromatic heterocycles. The van der Waals surface area contributed by atoms with E-state index in [0.717, 1.165) is 5.56 Å². The molecule has 8 heteroatoms. The van der Waals surface area contributed by atoms with E-state index < -0.39 is 21.0 Å². The molecule has 0 saturated heterocycles. The third kappa shape index (κ3) is 5.05. The lowest BCUT2D eigenvalue weighted by Crippen LogP contribution is -2.34. The van der Waals surface area contributed by atoms with E-state index in [1.54, 1.807) is 42.1 Å². The highest BCUT2D eigenvalue weighted by atomic mass is 35.5. The third-order valence-corrected chi connectivity index (χ3v) is 7.12. The highest BCUT2D eigenvalue weighted by Gasteiger charge is 2.30. The zero-order valence-corrected chi connectivity index (χ0v) is 17.7. The summed E-state index contributed by atoms with van der Waals surface area (Å²) in [5.41, 5.74) is 2.21. The number of rotatable bonds is 7. The highest BCUT2D eigenvalue weighted by Crippen LogP contribution is 2.23. The first-order valence-electron chi connectivity index (χ1n) is 9.09. The first kappa shape index (κ1) is 21.1. The SMILES string of the molecule is Cc1c(Cl)cccc1NC(=O)C(C)S(=O)(=O)Cc1nccn1Cc1ccccc1. The van der Waals surface area contributed by atoms with Crippen molar-refractivity contribution in [3.05, 3.63) is 82.9 Å². The van der Waals surface area contributed by atoms with Crippen LogP contribution in [0.2, 0.25) is 5.02 Å². The number of halogens is 1. The number of nitrogens with zero attached hydrogens (tertiary/aromatic N) is 2. The average Bonchev–Trinajstić information content (AvgIpc) is 3.11. The Morgan fingerprint density at radius 3 is 2.62 bits per heavy atom. The van der Waals surface area contributed by atoms with E-state index in [9.17, 15) is 13.2 Å². The van der Waals surface area contributed by atoms with Gasteiger partial charge in [0, 0.05) is 29.6 Å². The first-order valence-corrected chi connectivity index (χ1v) is 11.2. The van der Waals surface area contributed by atoms with Crippen LogP contribution < -0.4 is 5.32 Å². The minimum Gasteiger partial charge on any atom is -0.330 e. The number of anilines is 1. The Labute approximate surface area is 175 Å². The fourth-order valence-electron chi connectivity index (χ4n) is 2.85. The number of aromatic nitrogens is 2. The van der Waals surface area contributed by atoms with Gasteiger partial charge in [0.2, 0.25) is 5.91 Å². The van der Waals surface area contributed by atoms with Crippen LogP contribution in [0.5, 0.6) is 0 Å². The third-order valence-electron chi connectivity index (χ3n) is 4.76. The van der Waals surface area contributed by atoms with Crippen molar-refractivity contribution in [2.45, 2.75) is 31.4 Å². The predicted octanol–water partition coefficient (Wildman–Crippen LogP) is 3.84. The Bertz CT molecular complexity index is 1110. The minimum atomic E-state index is -3.77. The Morgan fingerprint density at radius 2 is 1.90 bits per heavy atom. The van der Waals surface area contributed by atoms with Crippen LogP contribution in [-0.4, -0.2) is 29.1 Å². The minimum absolute atomic E-state index is 0.323. The van der Waals surface area contributed by atoms with E-state index in [0.29, 0.717) is 28.6 Å². The van der Waals surface area contributed by atoms with Gasteiger partial charge in [-0.2, -0.15) is 0 Å². The van der Waals surface area contributed by atoms with Gasteiger partial charge in [-0.05, 0) is 37.1 Å². The van der Waals surface area contributed by atoms with E-state index in [-0.39, 0.29) is 5.75 Å². The zero-order valence-electron chi connectivity index (χ0n) is 16.2. The molecule has 29 heavy (non-hydrogen) atoms. The number of amides is 1. The molecule has 3 rings (SSSR count). The largest absolute Gasteiger partial charge is 0.330 e. The molecular weight excluding hydrogens is 410 g/mol. The molecule has 1 atom stereocenters. The van der Waals surface area contributed by atoms with Crippen molar-refractivity contribution < 1.29 is 13.2 Å². The summed E-state index contributed by atoms with van der Waals surface area (Å²) in [6, 6.07) is 14.8. The number of imidazole rings is 1. The molecule has 0 radical (unpaired) electrons. The quantitative estimate of drug-likeness (QED) is 0.616. The molecule has 3 aromatic rings. The van der Waals surface area contributed by atoms with Gasteiger partial charge in [0.15, 0.2) is 9.84 Å². The number of carbonyl (C=O) groups excluding carboxylic acids is 1. The Balaban J connectivity index is 1.73. The van der Waals surface area contributed by atoms with Crippen molar-refractivity contribution in [3.63, 3.8) is 0 Å². The van der Waals surface area contributed by atoms with Gasteiger partial charge in [0.05, 0.1) is 0 Å². The number of benzene rings is 2. The molecule has 0 bridgehead atoms. The van der Waals surface area contributed by atoms with Gasteiger partial charge in [-0.15, -0.1) is 0 Å². The van der Waals surface area contributed by atoms with Gasteiger partial charge in [-0.25, -0.2) is 13.4 Å². The molecule has 2 aromatic carbocycles. The number of nitrogens with one attached hydrogen (secondary N) is 1. The summed E-state index contributed by atoms with van der Waals surface area (Å²) >= 11 is 6.06. The molecule has 0 fully saturated rings. The first-order chi connectivity index (χ1) is 13.8. The summed E-state index contributed by atoms with van der Waals surface area (Å²) in [5, 5.41) is 1.93. The van der Waals surface area contributed by atoms with Gasteiger partial charge in [-0.3, -0.25) is 4.79 Å². The normalized spacial score (nSPS) is 12.5. The topological polar surface area (TPSA) is 81.1 Å². The fraction of sp³-hybridized carbons (Fsp3) is 0.238. The van der Waals surface area contributed by atoms with E-state index in [1.807, 2.05) is 30.3 Å². The summed E-state index contributed by atoms with van der Waals surface area (Å²) in [7, 11) is -3.77. The maximum atomic E-state index is 12.8. The van der Waals surface area contributed by atoms with E-state index in [2.05, 4.69) is 10.3 Å². The lowest BCUT2D eigenvalue weighted by Gasteiger charge is -2.15. The summed E-state index contributed by atoms with van der Waals surface area (Å²) in [6.45, 7) is 3.65. The Morgan fingerprint density at radius 1 is 1.17 bits per heavy atom. The molecule has 6 nitrogen and oxygen atoms in total. The molecule has 0 aliphatic rings. The molecule has 0 aliphatic carbocycles. The number of hydrogen-bond donors (Lipinski definition) is 1. The van der Waals surface area contributed by atoms with Crippen molar-refractivity contribution in [1.82, 2.24) is 9.55 Å². The molecule has 0 saturated carbocycles. The second-order valence-electron chi connectivity index (χ2n) is 6.81. The number of sulfone groups is 1. The van der Waals surface area contributed by atoms with E-state index in [1.165, 1.54) is 6.92 Å². The van der Waals surface area contributed by atoms with Crippen LogP contribution in [0.1, 0.15) is 23.9 Å². The molecular formula is C21H22ClN3O3S. The van der Waals surface area contributed by atoms with Gasteiger partial charge in [-0.1, -0.05) is 48.0 Å². The lowest BCUT2D eigenvalue weighted by molar-refractivity contribution is -0.115.